The van der Waals surface area contributed by atoms with Gasteiger partial charge in [-0.05, 0) is 26.3 Å². The molecule has 0 rings (SSSR count). The molecule has 1 N–H and O–H groups in total. The normalized spacial score (nSPS) is 12.5. The van der Waals surface area contributed by atoms with Crippen molar-refractivity contribution in [2.75, 3.05) is 20.2 Å². The van der Waals surface area contributed by atoms with Crippen molar-refractivity contribution in [2.45, 2.75) is 46.1 Å². The lowest BCUT2D eigenvalue weighted by molar-refractivity contribution is 0.0226. The summed E-state index contributed by atoms with van der Waals surface area (Å²) in [7, 11) is 1.76. The second-order valence-electron chi connectivity index (χ2n) is 4.28. The minimum Gasteiger partial charge on any atom is -0.377 e. The third-order valence-corrected chi connectivity index (χ3v) is 2.69. The van der Waals surface area contributed by atoms with Crippen molar-refractivity contribution >= 4 is 0 Å². The number of hydrogen-bond acceptors (Lipinski definition) is 2. The maximum atomic E-state index is 5.32. The van der Waals surface area contributed by atoms with Gasteiger partial charge in [0.1, 0.15) is 0 Å². The van der Waals surface area contributed by atoms with Crippen LogP contribution in [0.15, 0.2) is 0 Å². The summed E-state index contributed by atoms with van der Waals surface area (Å²) in [6.45, 7) is 10.7. The maximum absolute atomic E-state index is 5.32. The summed E-state index contributed by atoms with van der Waals surface area (Å²) in [5.74, 6) is 0.813. The van der Waals surface area contributed by atoms with Crippen molar-refractivity contribution in [3.8, 4) is 0 Å². The number of methoxy groups -OCH3 is 1. The monoisotopic (exact) mass is 187 g/mol. The Morgan fingerprint density at radius 3 is 2.15 bits per heavy atom. The first-order valence-corrected chi connectivity index (χ1v) is 5.31. The Labute approximate surface area is 83.1 Å². The van der Waals surface area contributed by atoms with Crippen LogP contribution in [-0.4, -0.2) is 25.8 Å². The van der Waals surface area contributed by atoms with Gasteiger partial charge >= 0.3 is 0 Å². The van der Waals surface area contributed by atoms with Crippen molar-refractivity contribution in [3.63, 3.8) is 0 Å². The van der Waals surface area contributed by atoms with E-state index in [9.17, 15) is 0 Å². The minimum atomic E-state index is -0.0357. The third kappa shape index (κ3) is 6.05. The highest BCUT2D eigenvalue weighted by molar-refractivity contribution is 4.72. The summed E-state index contributed by atoms with van der Waals surface area (Å²) in [6, 6.07) is 0. The van der Waals surface area contributed by atoms with E-state index in [0.717, 1.165) is 19.0 Å². The fraction of sp³-hybridized carbons (Fsp3) is 1.00. The van der Waals surface area contributed by atoms with E-state index < -0.39 is 0 Å². The van der Waals surface area contributed by atoms with Gasteiger partial charge in [0, 0.05) is 13.7 Å². The molecule has 13 heavy (non-hydrogen) atoms. The van der Waals surface area contributed by atoms with E-state index in [4.69, 9.17) is 4.74 Å². The summed E-state index contributed by atoms with van der Waals surface area (Å²) in [6.07, 6.45) is 2.52. The van der Waals surface area contributed by atoms with E-state index in [2.05, 4.69) is 33.0 Å². The molecule has 0 amide bonds. The molecule has 0 radical (unpaired) electrons. The van der Waals surface area contributed by atoms with E-state index in [-0.39, 0.29) is 5.60 Å². The van der Waals surface area contributed by atoms with Crippen molar-refractivity contribution in [1.29, 1.82) is 0 Å². The zero-order chi connectivity index (χ0) is 10.3. The average Bonchev–Trinajstić information content (AvgIpc) is 2.12. The molecule has 0 spiro atoms. The Morgan fingerprint density at radius 2 is 1.77 bits per heavy atom. The SMILES string of the molecule is CCC(CC)CNCC(C)(C)OC. The number of hydrogen-bond donors (Lipinski definition) is 1. The molecule has 0 aliphatic carbocycles. The van der Waals surface area contributed by atoms with Gasteiger partial charge < -0.3 is 10.1 Å². The molecular formula is C11H25NO. The highest BCUT2D eigenvalue weighted by Gasteiger charge is 2.15. The lowest BCUT2D eigenvalue weighted by atomic mass is 10.0. The molecule has 0 aromatic carbocycles. The number of rotatable bonds is 7. The van der Waals surface area contributed by atoms with Gasteiger partial charge in [0.25, 0.3) is 0 Å². The summed E-state index contributed by atoms with van der Waals surface area (Å²) < 4.78 is 5.32. The predicted molar refractivity (Wildman–Crippen MR) is 58.0 cm³/mol. The molecule has 0 saturated carbocycles. The lowest BCUT2D eigenvalue weighted by Gasteiger charge is -2.24. The Bertz CT molecular complexity index is 119. The first-order chi connectivity index (χ1) is 6.05. The van der Waals surface area contributed by atoms with Crippen molar-refractivity contribution in [1.82, 2.24) is 5.32 Å². The first-order valence-electron chi connectivity index (χ1n) is 5.31. The molecule has 0 bridgehead atoms. The molecular weight excluding hydrogens is 162 g/mol. The minimum absolute atomic E-state index is 0.0357. The van der Waals surface area contributed by atoms with Crippen LogP contribution in [0.25, 0.3) is 0 Å². The molecule has 0 saturated heterocycles. The number of ether oxygens (including phenoxy) is 1. The Morgan fingerprint density at radius 1 is 1.23 bits per heavy atom. The third-order valence-electron chi connectivity index (χ3n) is 2.69. The largest absolute Gasteiger partial charge is 0.377 e. The van der Waals surface area contributed by atoms with Crippen LogP contribution in [0.5, 0.6) is 0 Å². The molecule has 0 fully saturated rings. The molecule has 0 atom stereocenters. The predicted octanol–water partition coefficient (Wildman–Crippen LogP) is 2.44. The summed E-state index contributed by atoms with van der Waals surface area (Å²) in [4.78, 5) is 0. The second kappa shape index (κ2) is 6.39. The van der Waals surface area contributed by atoms with Crippen LogP contribution in [0.3, 0.4) is 0 Å². The molecule has 0 aliphatic rings. The molecule has 0 aromatic heterocycles. The molecule has 80 valence electrons. The molecule has 2 nitrogen and oxygen atoms in total. The molecule has 0 aliphatic heterocycles. The highest BCUT2D eigenvalue weighted by Crippen LogP contribution is 2.08. The van der Waals surface area contributed by atoms with Crippen LogP contribution in [-0.2, 0) is 4.74 Å². The summed E-state index contributed by atoms with van der Waals surface area (Å²) in [5.41, 5.74) is -0.0357. The van der Waals surface area contributed by atoms with Crippen LogP contribution in [0, 0.1) is 5.92 Å². The Balaban J connectivity index is 3.54. The first kappa shape index (κ1) is 12.9. The van der Waals surface area contributed by atoms with E-state index in [0.29, 0.717) is 0 Å². The van der Waals surface area contributed by atoms with Crippen LogP contribution < -0.4 is 5.32 Å². The Kier molecular flexibility index (Phi) is 6.35. The van der Waals surface area contributed by atoms with E-state index in [1.807, 2.05) is 0 Å². The standard InChI is InChI=1S/C11H25NO/c1-6-10(7-2)8-12-9-11(3,4)13-5/h10,12H,6-9H2,1-5H3. The number of nitrogens with one attached hydrogen (secondary N) is 1. The smallest absolute Gasteiger partial charge is 0.0746 e. The van der Waals surface area contributed by atoms with Crippen molar-refractivity contribution in [3.05, 3.63) is 0 Å². The van der Waals surface area contributed by atoms with Crippen LogP contribution in [0.1, 0.15) is 40.5 Å². The quantitative estimate of drug-likeness (QED) is 0.661. The summed E-state index contributed by atoms with van der Waals surface area (Å²) >= 11 is 0. The maximum Gasteiger partial charge on any atom is 0.0746 e. The Hall–Kier alpha value is -0.0800. The van der Waals surface area contributed by atoms with E-state index >= 15 is 0 Å². The fourth-order valence-electron chi connectivity index (χ4n) is 1.23. The van der Waals surface area contributed by atoms with E-state index in [1.165, 1.54) is 12.8 Å². The lowest BCUT2D eigenvalue weighted by Crippen LogP contribution is -2.38. The zero-order valence-electron chi connectivity index (χ0n) is 9.81. The molecule has 0 heterocycles. The van der Waals surface area contributed by atoms with Gasteiger partial charge in [-0.25, -0.2) is 0 Å². The summed E-state index contributed by atoms with van der Waals surface area (Å²) in [5, 5.41) is 3.45. The topological polar surface area (TPSA) is 21.3 Å². The van der Waals surface area contributed by atoms with Gasteiger partial charge in [-0.1, -0.05) is 26.7 Å². The van der Waals surface area contributed by atoms with Crippen molar-refractivity contribution < 1.29 is 4.74 Å². The van der Waals surface area contributed by atoms with Crippen LogP contribution >= 0.6 is 0 Å². The van der Waals surface area contributed by atoms with Gasteiger partial charge in [-0.15, -0.1) is 0 Å². The fourth-order valence-corrected chi connectivity index (χ4v) is 1.23. The second-order valence-corrected chi connectivity index (χ2v) is 4.28. The van der Waals surface area contributed by atoms with Gasteiger partial charge in [0.15, 0.2) is 0 Å². The van der Waals surface area contributed by atoms with Gasteiger partial charge in [-0.2, -0.15) is 0 Å². The van der Waals surface area contributed by atoms with Crippen LogP contribution in [0.2, 0.25) is 0 Å². The van der Waals surface area contributed by atoms with E-state index in [1.54, 1.807) is 7.11 Å². The average molecular weight is 187 g/mol. The van der Waals surface area contributed by atoms with Crippen molar-refractivity contribution in [2.24, 2.45) is 5.92 Å². The van der Waals surface area contributed by atoms with Gasteiger partial charge in [-0.3, -0.25) is 0 Å². The molecule has 0 aromatic rings. The molecule has 2 heteroatoms. The highest BCUT2D eigenvalue weighted by atomic mass is 16.5. The molecule has 0 unspecified atom stereocenters. The van der Waals surface area contributed by atoms with Gasteiger partial charge in [0.05, 0.1) is 5.60 Å². The van der Waals surface area contributed by atoms with Gasteiger partial charge in [0.2, 0.25) is 0 Å². The zero-order valence-corrected chi connectivity index (χ0v) is 9.81. The van der Waals surface area contributed by atoms with Crippen LogP contribution in [0.4, 0.5) is 0 Å².